The van der Waals surface area contributed by atoms with Crippen molar-refractivity contribution in [3.63, 3.8) is 0 Å². The number of nitrogens with two attached hydrogens (primary N) is 2. The number of hydrogen-bond donors (Lipinski definition) is 3. The highest BCUT2D eigenvalue weighted by Crippen LogP contribution is 2.19. The van der Waals surface area contributed by atoms with Gasteiger partial charge in [0.25, 0.3) is 5.91 Å². The van der Waals surface area contributed by atoms with E-state index in [0.717, 1.165) is 11.1 Å². The fourth-order valence-electron chi connectivity index (χ4n) is 3.33. The summed E-state index contributed by atoms with van der Waals surface area (Å²) in [7, 11) is 0. The summed E-state index contributed by atoms with van der Waals surface area (Å²) >= 11 is 0. The molecule has 0 spiro atoms. The Morgan fingerprint density at radius 3 is 2.39 bits per heavy atom. The molecule has 1 atom stereocenters. The highest BCUT2D eigenvalue weighted by molar-refractivity contribution is 5.97. The number of fused-ring (bicyclic) bond motifs is 1. The van der Waals surface area contributed by atoms with E-state index in [4.69, 9.17) is 20.9 Å². The molecule has 3 aromatic rings. The lowest BCUT2D eigenvalue weighted by atomic mass is 10.1. The Bertz CT molecular complexity index is 1280. The molecule has 5 N–H and O–H groups in total. The van der Waals surface area contributed by atoms with Crippen molar-refractivity contribution in [1.82, 2.24) is 20.3 Å². The van der Waals surface area contributed by atoms with Gasteiger partial charge in [-0.25, -0.2) is 9.78 Å². The number of carbonyl (C=O) groups is 3. The van der Waals surface area contributed by atoms with Crippen LogP contribution < -0.4 is 16.8 Å². The van der Waals surface area contributed by atoms with Crippen molar-refractivity contribution >= 4 is 52.8 Å². The van der Waals surface area contributed by atoms with E-state index in [1.165, 1.54) is 0 Å². The van der Waals surface area contributed by atoms with Crippen LogP contribution in [0.5, 0.6) is 0 Å². The summed E-state index contributed by atoms with van der Waals surface area (Å²) in [6.07, 6.45) is 5.38. The molecule has 0 bridgehead atoms. The number of amides is 1. The highest BCUT2D eigenvalue weighted by Gasteiger charge is 2.24. The van der Waals surface area contributed by atoms with Gasteiger partial charge in [0, 0.05) is 18.2 Å². The van der Waals surface area contributed by atoms with Crippen molar-refractivity contribution < 1.29 is 23.9 Å². The van der Waals surface area contributed by atoms with Crippen LogP contribution in [0, 0.1) is 0 Å². The molecule has 0 saturated carbocycles. The van der Waals surface area contributed by atoms with E-state index in [9.17, 15) is 14.4 Å². The number of hydrogen-bond acceptors (Lipinski definition) is 10. The highest BCUT2D eigenvalue weighted by atomic mass is 16.5. The molecular formula is C25H28N6O5. The van der Waals surface area contributed by atoms with Crippen molar-refractivity contribution in [3.8, 4) is 0 Å². The monoisotopic (exact) mass is 492 g/mol. The summed E-state index contributed by atoms with van der Waals surface area (Å²) < 4.78 is 9.91. The predicted molar refractivity (Wildman–Crippen MR) is 135 cm³/mol. The van der Waals surface area contributed by atoms with Crippen LogP contribution in [0.15, 0.2) is 36.5 Å². The van der Waals surface area contributed by atoms with E-state index in [1.54, 1.807) is 50.4 Å². The standard InChI is InChI=1S/C25H28N6O5/c1-3-35-20(32)12-11-19(24(34)36-4-2)29-23(33)17-9-7-15(8-10-17)5-6-16-13-18-21(26)30-25(27)31-22(18)28-14-16/h5-10,13-14,19H,3-4,11-12H2,1-2H3,(H,29,33)(H4,26,27,28,30,31)/b6-5+/t19-/m0/s1. The average molecular weight is 493 g/mol. The minimum absolute atomic E-state index is 0.0177. The van der Waals surface area contributed by atoms with Crippen molar-refractivity contribution in [2.45, 2.75) is 32.7 Å². The first-order valence-corrected chi connectivity index (χ1v) is 11.4. The maximum atomic E-state index is 12.7. The summed E-state index contributed by atoms with van der Waals surface area (Å²) in [6, 6.07) is 7.63. The van der Waals surface area contributed by atoms with Gasteiger partial charge in [0.1, 0.15) is 11.9 Å². The van der Waals surface area contributed by atoms with Crippen molar-refractivity contribution in [2.24, 2.45) is 0 Å². The third kappa shape index (κ3) is 6.98. The minimum atomic E-state index is -0.964. The van der Waals surface area contributed by atoms with Crippen LogP contribution in [-0.2, 0) is 19.1 Å². The molecule has 2 aromatic heterocycles. The minimum Gasteiger partial charge on any atom is -0.466 e. The Hall–Kier alpha value is -4.54. The van der Waals surface area contributed by atoms with Crippen LogP contribution in [0.2, 0.25) is 0 Å². The smallest absolute Gasteiger partial charge is 0.328 e. The lowest BCUT2D eigenvalue weighted by molar-refractivity contribution is -0.146. The van der Waals surface area contributed by atoms with E-state index < -0.39 is 23.9 Å². The van der Waals surface area contributed by atoms with E-state index in [1.807, 2.05) is 12.2 Å². The second-order valence-corrected chi connectivity index (χ2v) is 7.68. The molecule has 0 aliphatic carbocycles. The van der Waals surface area contributed by atoms with Crippen molar-refractivity contribution in [1.29, 1.82) is 0 Å². The molecule has 0 fully saturated rings. The van der Waals surface area contributed by atoms with Gasteiger partial charge in [0.2, 0.25) is 5.95 Å². The number of nitrogen functional groups attached to an aromatic ring is 2. The molecule has 11 nitrogen and oxygen atoms in total. The fourth-order valence-corrected chi connectivity index (χ4v) is 3.33. The van der Waals surface area contributed by atoms with Crippen molar-refractivity contribution in [2.75, 3.05) is 24.7 Å². The maximum absolute atomic E-state index is 12.7. The average Bonchev–Trinajstić information content (AvgIpc) is 2.85. The van der Waals surface area contributed by atoms with Crippen LogP contribution in [0.25, 0.3) is 23.2 Å². The van der Waals surface area contributed by atoms with E-state index in [0.29, 0.717) is 16.6 Å². The zero-order valence-electron chi connectivity index (χ0n) is 20.1. The molecule has 1 aromatic carbocycles. The third-order valence-electron chi connectivity index (χ3n) is 5.08. The molecule has 188 valence electrons. The van der Waals surface area contributed by atoms with Gasteiger partial charge in [-0.2, -0.15) is 9.97 Å². The molecule has 0 unspecified atom stereocenters. The van der Waals surface area contributed by atoms with Gasteiger partial charge in [-0.1, -0.05) is 24.3 Å². The molecule has 36 heavy (non-hydrogen) atoms. The summed E-state index contributed by atoms with van der Waals surface area (Å²) in [5, 5.41) is 3.23. The molecule has 0 saturated heterocycles. The fraction of sp³-hybridized carbons (Fsp3) is 0.280. The Balaban J connectivity index is 1.67. The largest absolute Gasteiger partial charge is 0.466 e. The molecule has 2 heterocycles. The van der Waals surface area contributed by atoms with E-state index in [-0.39, 0.29) is 37.8 Å². The quantitative estimate of drug-likeness (QED) is 0.357. The number of benzene rings is 1. The maximum Gasteiger partial charge on any atom is 0.328 e. The Morgan fingerprint density at radius 2 is 1.69 bits per heavy atom. The van der Waals surface area contributed by atoms with Gasteiger partial charge in [-0.05, 0) is 49.6 Å². The van der Waals surface area contributed by atoms with Gasteiger partial charge in [-0.3, -0.25) is 9.59 Å². The second-order valence-electron chi connectivity index (χ2n) is 7.68. The number of rotatable bonds is 10. The van der Waals surface area contributed by atoms with Crippen LogP contribution in [0.1, 0.15) is 48.2 Å². The summed E-state index contributed by atoms with van der Waals surface area (Å²) in [5.41, 5.74) is 13.9. The number of nitrogens with one attached hydrogen (secondary N) is 1. The number of ether oxygens (including phenoxy) is 2. The Labute approximate surface area is 207 Å². The molecule has 1 amide bonds. The predicted octanol–water partition coefficient (Wildman–Crippen LogP) is 2.36. The summed E-state index contributed by atoms with van der Waals surface area (Å²) in [6.45, 7) is 3.76. The normalized spacial score (nSPS) is 11.8. The number of anilines is 2. The number of esters is 2. The first kappa shape index (κ1) is 26.1. The SMILES string of the molecule is CCOC(=O)CC[C@H](NC(=O)c1ccc(/C=C/c2cnc3nc(N)nc(N)c3c2)cc1)C(=O)OCC. The molecule has 0 aliphatic heterocycles. The van der Waals surface area contributed by atoms with Crippen LogP contribution in [0.4, 0.5) is 11.8 Å². The zero-order valence-corrected chi connectivity index (χ0v) is 20.1. The first-order valence-electron chi connectivity index (χ1n) is 11.4. The lowest BCUT2D eigenvalue weighted by Crippen LogP contribution is -2.42. The molecule has 0 aliphatic rings. The topological polar surface area (TPSA) is 172 Å². The Morgan fingerprint density at radius 1 is 1.00 bits per heavy atom. The Kier molecular flexibility index (Phi) is 8.87. The molecule has 0 radical (unpaired) electrons. The van der Waals surface area contributed by atoms with E-state index in [2.05, 4.69) is 20.3 Å². The number of carbonyl (C=O) groups excluding carboxylic acids is 3. The number of nitrogens with zero attached hydrogens (tertiary/aromatic N) is 3. The van der Waals surface area contributed by atoms with Gasteiger partial charge in [0.15, 0.2) is 5.65 Å². The zero-order chi connectivity index (χ0) is 26.1. The molecule has 3 rings (SSSR count). The van der Waals surface area contributed by atoms with Crippen LogP contribution in [-0.4, -0.2) is 52.1 Å². The van der Waals surface area contributed by atoms with Crippen molar-refractivity contribution in [3.05, 3.63) is 53.2 Å². The third-order valence-corrected chi connectivity index (χ3v) is 5.08. The van der Waals surface area contributed by atoms with Crippen LogP contribution in [0.3, 0.4) is 0 Å². The number of aromatic nitrogens is 3. The van der Waals surface area contributed by atoms with Crippen LogP contribution >= 0.6 is 0 Å². The van der Waals surface area contributed by atoms with Gasteiger partial charge in [0.05, 0.1) is 18.6 Å². The lowest BCUT2D eigenvalue weighted by Gasteiger charge is -2.17. The molecular weight excluding hydrogens is 464 g/mol. The second kappa shape index (κ2) is 12.2. The summed E-state index contributed by atoms with van der Waals surface area (Å²) in [5.74, 6) is -1.20. The van der Waals surface area contributed by atoms with E-state index >= 15 is 0 Å². The van der Waals surface area contributed by atoms with Gasteiger partial charge < -0.3 is 26.3 Å². The number of pyridine rings is 1. The summed E-state index contributed by atoms with van der Waals surface area (Å²) in [4.78, 5) is 48.9. The first-order chi connectivity index (χ1) is 17.3. The van der Waals surface area contributed by atoms with Gasteiger partial charge in [-0.15, -0.1) is 0 Å². The molecule has 11 heteroatoms. The van der Waals surface area contributed by atoms with Gasteiger partial charge >= 0.3 is 11.9 Å².